The van der Waals surface area contributed by atoms with E-state index in [1.54, 1.807) is 0 Å². The number of benzene rings is 2. The molecule has 2 aliphatic heterocycles. The second-order valence-electron chi connectivity index (χ2n) is 9.38. The lowest BCUT2D eigenvalue weighted by Gasteiger charge is -2.29. The summed E-state index contributed by atoms with van der Waals surface area (Å²) in [7, 11) is 0. The zero-order chi connectivity index (χ0) is 25.2. The predicted octanol–water partition coefficient (Wildman–Crippen LogP) is 5.45. The number of carbonyl (C=O) groups is 2. The molecule has 0 spiro atoms. The van der Waals surface area contributed by atoms with Crippen LogP contribution in [0.4, 0.5) is 0 Å². The number of hydrogen-bond donors (Lipinski definition) is 0. The van der Waals surface area contributed by atoms with E-state index < -0.39 is 6.10 Å². The van der Waals surface area contributed by atoms with Crippen LogP contribution in [0.2, 0.25) is 5.02 Å². The molecule has 2 atom stereocenters. The number of hydrogen-bond acceptors (Lipinski definition) is 4. The number of amides is 1. The maximum atomic E-state index is 13.5. The lowest BCUT2D eigenvalue weighted by atomic mass is 9.97. The molecule has 2 unspecified atom stereocenters. The molecule has 0 bridgehead atoms. The molecule has 0 aliphatic carbocycles. The van der Waals surface area contributed by atoms with Crippen molar-refractivity contribution in [1.82, 2.24) is 14.4 Å². The second-order valence-corrected chi connectivity index (χ2v) is 9.81. The Morgan fingerprint density at radius 3 is 2.61 bits per heavy atom. The molecule has 2 aromatic carbocycles. The van der Waals surface area contributed by atoms with Crippen molar-refractivity contribution in [2.75, 3.05) is 26.2 Å². The van der Waals surface area contributed by atoms with Gasteiger partial charge in [0.05, 0.1) is 12.3 Å². The van der Waals surface area contributed by atoms with Gasteiger partial charge in [0.25, 0.3) is 5.91 Å². The number of fused-ring (bicyclic) bond motifs is 1. The summed E-state index contributed by atoms with van der Waals surface area (Å²) in [5, 5.41) is 1.76. The normalized spacial score (nSPS) is 19.6. The minimum Gasteiger partial charge on any atom is -0.480 e. The second kappa shape index (κ2) is 10.5. The van der Waals surface area contributed by atoms with Gasteiger partial charge in [0.1, 0.15) is 0 Å². The highest BCUT2D eigenvalue weighted by Crippen LogP contribution is 2.44. The van der Waals surface area contributed by atoms with E-state index in [1.807, 2.05) is 35.2 Å². The highest BCUT2D eigenvalue weighted by atomic mass is 35.5. The Labute approximate surface area is 217 Å². The van der Waals surface area contributed by atoms with Crippen LogP contribution in [0.5, 0.6) is 0 Å². The van der Waals surface area contributed by atoms with Gasteiger partial charge in [-0.25, -0.2) is 0 Å². The standard InChI is InChI=1S/C29H32ClN3O3/c1-3-31(4-2)16-17-32-23-13-12-21(30)19-22(23)26(20-9-6-5-7-10-20)27(32)24-11-8-15-33(24)29(35)28-25(34)14-18-36-28/h5-7,9-10,12-14,18-19,24,28H,3-4,8,11,15-17H2,1-2H3. The zero-order valence-electron chi connectivity index (χ0n) is 20.8. The lowest BCUT2D eigenvalue weighted by molar-refractivity contribution is -0.145. The first-order chi connectivity index (χ1) is 17.5. The van der Waals surface area contributed by atoms with Crippen LogP contribution < -0.4 is 0 Å². The molecule has 36 heavy (non-hydrogen) atoms. The van der Waals surface area contributed by atoms with E-state index in [0.717, 1.165) is 66.7 Å². The number of likely N-dealkylation sites (tertiary alicyclic amines) is 1. The third-order valence-electron chi connectivity index (χ3n) is 7.44. The first kappa shape index (κ1) is 24.6. The highest BCUT2D eigenvalue weighted by molar-refractivity contribution is 6.31. The number of rotatable bonds is 8. The first-order valence-electron chi connectivity index (χ1n) is 12.8. The van der Waals surface area contributed by atoms with E-state index in [4.69, 9.17) is 16.3 Å². The van der Waals surface area contributed by atoms with Gasteiger partial charge < -0.3 is 19.1 Å². The van der Waals surface area contributed by atoms with Gasteiger partial charge in [-0.2, -0.15) is 0 Å². The van der Waals surface area contributed by atoms with Crippen molar-refractivity contribution < 1.29 is 14.3 Å². The SMILES string of the molecule is CCN(CC)CCn1c(C2CCCN2C(=O)C2OC=CC2=O)c(-c2ccccc2)c2cc(Cl)ccc21. The summed E-state index contributed by atoms with van der Waals surface area (Å²) in [6, 6.07) is 16.2. The summed E-state index contributed by atoms with van der Waals surface area (Å²) in [5.41, 5.74) is 4.41. The molecule has 6 nitrogen and oxygen atoms in total. The molecule has 5 rings (SSSR count). The Hall–Kier alpha value is -3.09. The van der Waals surface area contributed by atoms with E-state index in [0.29, 0.717) is 11.6 Å². The smallest absolute Gasteiger partial charge is 0.272 e. The fraction of sp³-hybridized carbons (Fsp3) is 0.379. The van der Waals surface area contributed by atoms with Gasteiger partial charge >= 0.3 is 0 Å². The Bertz CT molecular complexity index is 1300. The van der Waals surface area contributed by atoms with Crippen molar-refractivity contribution in [2.24, 2.45) is 0 Å². The maximum absolute atomic E-state index is 13.5. The van der Waals surface area contributed by atoms with Crippen LogP contribution in [0, 0.1) is 0 Å². The van der Waals surface area contributed by atoms with Gasteiger partial charge in [-0.1, -0.05) is 55.8 Å². The maximum Gasteiger partial charge on any atom is 0.272 e. The van der Waals surface area contributed by atoms with Crippen molar-refractivity contribution in [2.45, 2.75) is 45.4 Å². The first-order valence-corrected chi connectivity index (χ1v) is 13.2. The van der Waals surface area contributed by atoms with E-state index >= 15 is 0 Å². The summed E-state index contributed by atoms with van der Waals surface area (Å²) >= 11 is 6.51. The molecule has 3 heterocycles. The molecular formula is C29H32ClN3O3. The van der Waals surface area contributed by atoms with Crippen molar-refractivity contribution >= 4 is 34.2 Å². The number of halogens is 1. The van der Waals surface area contributed by atoms with Gasteiger partial charge in [0.2, 0.25) is 11.9 Å². The van der Waals surface area contributed by atoms with E-state index in [-0.39, 0.29) is 17.7 Å². The molecule has 188 valence electrons. The molecule has 0 radical (unpaired) electrons. The van der Waals surface area contributed by atoms with Crippen molar-refractivity contribution in [3.63, 3.8) is 0 Å². The fourth-order valence-corrected chi connectivity index (χ4v) is 5.78. The topological polar surface area (TPSA) is 54.8 Å². The molecule has 1 fully saturated rings. The number of ether oxygens (including phenoxy) is 1. The quantitative estimate of drug-likeness (QED) is 0.382. The summed E-state index contributed by atoms with van der Waals surface area (Å²) < 4.78 is 7.77. The van der Waals surface area contributed by atoms with Crippen molar-refractivity contribution in [1.29, 1.82) is 0 Å². The zero-order valence-corrected chi connectivity index (χ0v) is 21.6. The van der Waals surface area contributed by atoms with Crippen LogP contribution in [0.1, 0.15) is 38.4 Å². The van der Waals surface area contributed by atoms with Crippen LogP contribution in [0.3, 0.4) is 0 Å². The number of carbonyl (C=O) groups excluding carboxylic acids is 2. The number of aromatic nitrogens is 1. The number of nitrogens with zero attached hydrogens (tertiary/aromatic N) is 3. The summed E-state index contributed by atoms with van der Waals surface area (Å²) in [6.45, 7) is 8.60. The molecule has 2 aliphatic rings. The summed E-state index contributed by atoms with van der Waals surface area (Å²) in [5.74, 6) is -0.548. The van der Waals surface area contributed by atoms with Crippen molar-refractivity contribution in [3.8, 4) is 11.1 Å². The highest BCUT2D eigenvalue weighted by Gasteiger charge is 2.41. The van der Waals surface area contributed by atoms with Crippen LogP contribution >= 0.6 is 11.6 Å². The van der Waals surface area contributed by atoms with E-state index in [1.165, 1.54) is 12.3 Å². The molecule has 1 aromatic heterocycles. The monoisotopic (exact) mass is 505 g/mol. The van der Waals surface area contributed by atoms with Gasteiger partial charge in [0.15, 0.2) is 0 Å². The largest absolute Gasteiger partial charge is 0.480 e. The minimum atomic E-state index is -1.08. The fourth-order valence-electron chi connectivity index (χ4n) is 5.61. The average Bonchev–Trinajstić information content (AvgIpc) is 3.62. The van der Waals surface area contributed by atoms with Gasteiger partial charge in [-0.3, -0.25) is 9.59 Å². The number of likely N-dealkylation sites (N-methyl/N-ethyl adjacent to an activating group) is 1. The van der Waals surface area contributed by atoms with Crippen LogP contribution in [0.25, 0.3) is 22.0 Å². The average molecular weight is 506 g/mol. The Balaban J connectivity index is 1.68. The molecule has 0 saturated carbocycles. The van der Waals surface area contributed by atoms with Crippen molar-refractivity contribution in [3.05, 3.63) is 71.6 Å². The number of ketones is 1. The molecule has 3 aromatic rings. The molecule has 1 saturated heterocycles. The molecule has 0 N–H and O–H groups in total. The van der Waals surface area contributed by atoms with E-state index in [9.17, 15) is 9.59 Å². The Kier molecular flexibility index (Phi) is 7.17. The van der Waals surface area contributed by atoms with Gasteiger partial charge in [-0.05, 0) is 49.7 Å². The van der Waals surface area contributed by atoms with Crippen LogP contribution in [-0.2, 0) is 20.9 Å². The predicted molar refractivity (Wildman–Crippen MR) is 143 cm³/mol. The van der Waals surface area contributed by atoms with Crippen LogP contribution in [0.15, 0.2) is 60.9 Å². The van der Waals surface area contributed by atoms with Gasteiger partial charge in [0, 0.05) is 52.9 Å². The van der Waals surface area contributed by atoms with Gasteiger partial charge in [-0.15, -0.1) is 0 Å². The molecule has 1 amide bonds. The third-order valence-corrected chi connectivity index (χ3v) is 7.68. The van der Waals surface area contributed by atoms with Crippen LogP contribution in [-0.4, -0.2) is 58.3 Å². The Morgan fingerprint density at radius 1 is 1.14 bits per heavy atom. The third kappa shape index (κ3) is 4.44. The summed E-state index contributed by atoms with van der Waals surface area (Å²) in [4.78, 5) is 30.1. The lowest BCUT2D eigenvalue weighted by Crippen LogP contribution is -2.42. The van der Waals surface area contributed by atoms with E-state index in [2.05, 4.69) is 41.5 Å². The molecular weight excluding hydrogens is 474 g/mol. The summed E-state index contributed by atoms with van der Waals surface area (Å²) in [6.07, 6.45) is 3.29. The Morgan fingerprint density at radius 2 is 1.92 bits per heavy atom. The minimum absolute atomic E-state index is 0.160. The molecule has 7 heteroatoms.